The maximum Gasteiger partial charge on any atom is 0.237 e. The molecule has 2 atom stereocenters. The van der Waals surface area contributed by atoms with Gasteiger partial charge in [-0.2, -0.15) is 0 Å². The van der Waals surface area contributed by atoms with Gasteiger partial charge < -0.3 is 11.1 Å². The van der Waals surface area contributed by atoms with E-state index in [2.05, 4.69) is 19.2 Å². The molecule has 15 heavy (non-hydrogen) atoms. The number of nitrogens with one attached hydrogen (secondary N) is 1. The molecule has 0 aliphatic rings. The Hall–Kier alpha value is -0.280. The second kappa shape index (κ2) is 8.98. The summed E-state index contributed by atoms with van der Waals surface area (Å²) < 4.78 is 0. The Kier molecular flexibility index (Phi) is 10.3. The Bertz CT molecular complexity index is 174. The Morgan fingerprint density at radius 1 is 1.33 bits per heavy atom. The molecule has 0 aromatic heterocycles. The molecule has 1 unspecified atom stereocenters. The first-order chi connectivity index (χ1) is 6.52. The molecule has 0 spiro atoms. The van der Waals surface area contributed by atoms with E-state index in [9.17, 15) is 4.79 Å². The van der Waals surface area contributed by atoms with Crippen LogP contribution in [0.4, 0.5) is 0 Å². The smallest absolute Gasteiger partial charge is 0.237 e. The molecule has 3 N–H and O–H groups in total. The predicted octanol–water partition coefficient (Wildman–Crippen LogP) is 2.09. The molecule has 0 bridgehead atoms. The fourth-order valence-corrected chi connectivity index (χ4v) is 1.33. The summed E-state index contributed by atoms with van der Waals surface area (Å²) in [6.45, 7) is 8.13. The number of halogens is 1. The van der Waals surface area contributed by atoms with Crippen LogP contribution in [-0.4, -0.2) is 18.0 Å². The first kappa shape index (κ1) is 17.1. The van der Waals surface area contributed by atoms with E-state index in [1.807, 2.05) is 13.8 Å². The number of rotatable bonds is 6. The molecule has 0 aromatic rings. The van der Waals surface area contributed by atoms with E-state index in [-0.39, 0.29) is 36.3 Å². The zero-order valence-electron chi connectivity index (χ0n) is 10.2. The quantitative estimate of drug-likeness (QED) is 0.742. The lowest BCUT2D eigenvalue weighted by Gasteiger charge is -2.21. The predicted molar refractivity (Wildman–Crippen MR) is 67.2 cm³/mol. The van der Waals surface area contributed by atoms with Crippen molar-refractivity contribution < 1.29 is 4.79 Å². The van der Waals surface area contributed by atoms with Gasteiger partial charge in [0.05, 0.1) is 6.04 Å². The van der Waals surface area contributed by atoms with Crippen LogP contribution >= 0.6 is 12.4 Å². The van der Waals surface area contributed by atoms with E-state index in [4.69, 9.17) is 5.73 Å². The molecule has 1 amide bonds. The number of amides is 1. The van der Waals surface area contributed by atoms with Crippen molar-refractivity contribution in [2.75, 3.05) is 0 Å². The SMILES string of the molecule is CCCC(CC)NC(=O)[C@@H](N)C(C)C.Cl. The van der Waals surface area contributed by atoms with Gasteiger partial charge in [0.2, 0.25) is 5.91 Å². The van der Waals surface area contributed by atoms with Crippen LogP contribution in [0.1, 0.15) is 47.0 Å². The Labute approximate surface area is 99.6 Å². The van der Waals surface area contributed by atoms with E-state index < -0.39 is 0 Å². The van der Waals surface area contributed by atoms with E-state index >= 15 is 0 Å². The molecule has 0 aliphatic carbocycles. The van der Waals surface area contributed by atoms with Crippen LogP contribution in [0.15, 0.2) is 0 Å². The van der Waals surface area contributed by atoms with Crippen molar-refractivity contribution in [3.63, 3.8) is 0 Å². The zero-order chi connectivity index (χ0) is 11.1. The van der Waals surface area contributed by atoms with E-state index in [0.717, 1.165) is 19.3 Å². The third-order valence-corrected chi connectivity index (χ3v) is 2.50. The van der Waals surface area contributed by atoms with Crippen molar-refractivity contribution in [3.8, 4) is 0 Å². The molecule has 0 saturated heterocycles. The molecule has 0 saturated carbocycles. The average Bonchev–Trinajstić information content (AvgIpc) is 2.15. The molecular weight excluding hydrogens is 212 g/mol. The minimum atomic E-state index is -0.374. The van der Waals surface area contributed by atoms with E-state index in [1.54, 1.807) is 0 Å². The van der Waals surface area contributed by atoms with Crippen LogP contribution < -0.4 is 11.1 Å². The largest absolute Gasteiger partial charge is 0.352 e. The van der Waals surface area contributed by atoms with Crippen molar-refractivity contribution in [1.29, 1.82) is 0 Å². The monoisotopic (exact) mass is 236 g/mol. The Morgan fingerprint density at radius 2 is 1.87 bits per heavy atom. The van der Waals surface area contributed by atoms with Gasteiger partial charge in [-0.15, -0.1) is 12.4 Å². The van der Waals surface area contributed by atoms with Crippen molar-refractivity contribution in [2.24, 2.45) is 11.7 Å². The molecule has 0 radical (unpaired) electrons. The summed E-state index contributed by atoms with van der Waals surface area (Å²) in [5.74, 6) is 0.189. The summed E-state index contributed by atoms with van der Waals surface area (Å²) in [7, 11) is 0. The maximum atomic E-state index is 11.6. The van der Waals surface area contributed by atoms with Gasteiger partial charge in [-0.25, -0.2) is 0 Å². The summed E-state index contributed by atoms with van der Waals surface area (Å²) in [5.41, 5.74) is 5.75. The number of nitrogens with two attached hydrogens (primary N) is 1. The normalized spacial score (nSPS) is 14.3. The lowest BCUT2D eigenvalue weighted by Crippen LogP contribution is -2.47. The molecule has 0 fully saturated rings. The average molecular weight is 237 g/mol. The number of hydrogen-bond acceptors (Lipinski definition) is 2. The van der Waals surface area contributed by atoms with Crippen LogP contribution in [0.3, 0.4) is 0 Å². The number of carbonyl (C=O) groups excluding carboxylic acids is 1. The van der Waals surface area contributed by atoms with Gasteiger partial charge in [0.15, 0.2) is 0 Å². The third kappa shape index (κ3) is 6.74. The van der Waals surface area contributed by atoms with Crippen LogP contribution in [0, 0.1) is 5.92 Å². The molecule has 92 valence electrons. The number of carbonyl (C=O) groups is 1. The Balaban J connectivity index is 0. The molecule has 0 heterocycles. The van der Waals surface area contributed by atoms with E-state index in [0.29, 0.717) is 0 Å². The third-order valence-electron chi connectivity index (χ3n) is 2.50. The molecule has 3 nitrogen and oxygen atoms in total. The lowest BCUT2D eigenvalue weighted by molar-refractivity contribution is -0.124. The van der Waals surface area contributed by atoms with Crippen LogP contribution in [0.5, 0.6) is 0 Å². The van der Waals surface area contributed by atoms with E-state index in [1.165, 1.54) is 0 Å². The van der Waals surface area contributed by atoms with Gasteiger partial charge in [-0.3, -0.25) is 4.79 Å². The zero-order valence-corrected chi connectivity index (χ0v) is 11.1. The first-order valence-corrected chi connectivity index (χ1v) is 5.58. The molecule has 4 heteroatoms. The lowest BCUT2D eigenvalue weighted by atomic mass is 10.0. The molecule has 0 aromatic carbocycles. The maximum absolute atomic E-state index is 11.6. The number of hydrogen-bond donors (Lipinski definition) is 2. The summed E-state index contributed by atoms with van der Waals surface area (Å²) in [6, 6.07) is -0.0850. The van der Waals surface area contributed by atoms with Crippen LogP contribution in [0.2, 0.25) is 0 Å². The highest BCUT2D eigenvalue weighted by Crippen LogP contribution is 2.03. The first-order valence-electron chi connectivity index (χ1n) is 5.58. The molecule has 0 rings (SSSR count). The minimum Gasteiger partial charge on any atom is -0.352 e. The van der Waals surface area contributed by atoms with Gasteiger partial charge in [-0.1, -0.05) is 34.1 Å². The van der Waals surface area contributed by atoms with Gasteiger partial charge >= 0.3 is 0 Å². The standard InChI is InChI=1S/C11H24N2O.ClH/c1-5-7-9(6-2)13-11(14)10(12)8(3)4;/h8-10H,5-7,12H2,1-4H3,(H,13,14);1H/t9?,10-;/m0./s1. The summed E-state index contributed by atoms with van der Waals surface area (Å²) >= 11 is 0. The highest BCUT2D eigenvalue weighted by atomic mass is 35.5. The highest BCUT2D eigenvalue weighted by Gasteiger charge is 2.19. The van der Waals surface area contributed by atoms with Gasteiger partial charge in [-0.05, 0) is 18.8 Å². The summed E-state index contributed by atoms with van der Waals surface area (Å²) in [5, 5.41) is 2.98. The van der Waals surface area contributed by atoms with Crippen molar-refractivity contribution >= 4 is 18.3 Å². The van der Waals surface area contributed by atoms with Crippen LogP contribution in [0.25, 0.3) is 0 Å². The topological polar surface area (TPSA) is 55.1 Å². The fourth-order valence-electron chi connectivity index (χ4n) is 1.33. The Morgan fingerprint density at radius 3 is 2.20 bits per heavy atom. The van der Waals surface area contributed by atoms with Crippen molar-refractivity contribution in [2.45, 2.75) is 59.0 Å². The fraction of sp³-hybridized carbons (Fsp3) is 0.909. The second-order valence-corrected chi connectivity index (χ2v) is 4.17. The highest BCUT2D eigenvalue weighted by molar-refractivity contribution is 5.85. The van der Waals surface area contributed by atoms with Gasteiger partial charge in [0.1, 0.15) is 0 Å². The van der Waals surface area contributed by atoms with Crippen molar-refractivity contribution in [3.05, 3.63) is 0 Å². The summed E-state index contributed by atoms with van der Waals surface area (Å²) in [6.07, 6.45) is 3.10. The second-order valence-electron chi connectivity index (χ2n) is 4.17. The molecule has 0 aliphatic heterocycles. The molecular formula is C11H25ClN2O. The van der Waals surface area contributed by atoms with Crippen molar-refractivity contribution in [1.82, 2.24) is 5.32 Å². The summed E-state index contributed by atoms with van der Waals surface area (Å²) in [4.78, 5) is 11.6. The van der Waals surface area contributed by atoms with Gasteiger partial charge in [0, 0.05) is 6.04 Å². The van der Waals surface area contributed by atoms with Crippen LogP contribution in [-0.2, 0) is 4.79 Å². The minimum absolute atomic E-state index is 0. The van der Waals surface area contributed by atoms with Gasteiger partial charge in [0.25, 0.3) is 0 Å².